The highest BCUT2D eigenvalue weighted by Crippen LogP contribution is 2.30. The Morgan fingerprint density at radius 1 is 1.31 bits per heavy atom. The minimum atomic E-state index is 0.154. The monoisotopic (exact) mass is 222 g/mol. The molecule has 0 heterocycles. The molecule has 3 N–H and O–H groups in total. The second kappa shape index (κ2) is 5.21. The number of rotatable bonds is 4. The van der Waals surface area contributed by atoms with Gasteiger partial charge >= 0.3 is 0 Å². The van der Waals surface area contributed by atoms with Crippen LogP contribution in [0.15, 0.2) is 6.07 Å². The number of hydrogen-bond acceptors (Lipinski definition) is 3. The quantitative estimate of drug-likeness (QED) is 0.822. The number of benzene rings is 1. The Hall–Kier alpha value is -1.22. The molecular formula is C13H22N2O. The van der Waals surface area contributed by atoms with E-state index in [0.29, 0.717) is 0 Å². The number of methoxy groups -OCH3 is 1. The summed E-state index contributed by atoms with van der Waals surface area (Å²) in [6.45, 7) is 9.04. The highest BCUT2D eigenvalue weighted by molar-refractivity contribution is 5.63. The van der Waals surface area contributed by atoms with E-state index in [1.165, 1.54) is 22.4 Å². The third kappa shape index (κ3) is 2.67. The average Bonchev–Trinajstić information content (AvgIpc) is 2.22. The maximum absolute atomic E-state index is 5.75. The van der Waals surface area contributed by atoms with Gasteiger partial charge < -0.3 is 15.8 Å². The molecule has 0 saturated heterocycles. The van der Waals surface area contributed by atoms with Crippen molar-refractivity contribution in [1.82, 2.24) is 0 Å². The van der Waals surface area contributed by atoms with Gasteiger partial charge in [0.15, 0.2) is 0 Å². The van der Waals surface area contributed by atoms with Crippen LogP contribution in [0.4, 0.5) is 5.69 Å². The molecule has 1 atom stereocenters. The van der Waals surface area contributed by atoms with Gasteiger partial charge in [0.2, 0.25) is 0 Å². The molecule has 0 fully saturated rings. The minimum Gasteiger partial charge on any atom is -0.496 e. The Bertz CT molecular complexity index is 373. The van der Waals surface area contributed by atoms with Gasteiger partial charge in [0.1, 0.15) is 5.75 Å². The van der Waals surface area contributed by atoms with Crippen molar-refractivity contribution in [2.75, 3.05) is 19.0 Å². The Morgan fingerprint density at radius 3 is 2.44 bits per heavy atom. The first-order valence-corrected chi connectivity index (χ1v) is 5.61. The predicted molar refractivity (Wildman–Crippen MR) is 69.3 cm³/mol. The normalized spacial score (nSPS) is 12.4. The summed E-state index contributed by atoms with van der Waals surface area (Å²) in [5.74, 6) is 0.946. The van der Waals surface area contributed by atoms with Crippen LogP contribution in [0.25, 0.3) is 0 Å². The summed E-state index contributed by atoms with van der Waals surface area (Å²) in [5, 5.41) is 3.39. The molecule has 0 bridgehead atoms. The van der Waals surface area contributed by atoms with Gasteiger partial charge in [-0.25, -0.2) is 0 Å². The van der Waals surface area contributed by atoms with E-state index in [-0.39, 0.29) is 6.04 Å². The van der Waals surface area contributed by atoms with Gasteiger partial charge in [-0.3, -0.25) is 0 Å². The van der Waals surface area contributed by atoms with E-state index in [9.17, 15) is 0 Å². The van der Waals surface area contributed by atoms with Crippen LogP contribution in [0.3, 0.4) is 0 Å². The highest BCUT2D eigenvalue weighted by atomic mass is 16.5. The minimum absolute atomic E-state index is 0.154. The lowest BCUT2D eigenvalue weighted by atomic mass is 10.0. The first-order chi connectivity index (χ1) is 7.47. The van der Waals surface area contributed by atoms with Crippen molar-refractivity contribution in [3.05, 3.63) is 22.8 Å². The lowest BCUT2D eigenvalue weighted by Gasteiger charge is -2.18. The fourth-order valence-corrected chi connectivity index (χ4v) is 1.79. The lowest BCUT2D eigenvalue weighted by molar-refractivity contribution is 0.411. The van der Waals surface area contributed by atoms with Crippen LogP contribution < -0.4 is 15.8 Å². The van der Waals surface area contributed by atoms with Gasteiger partial charge in [0.25, 0.3) is 0 Å². The first kappa shape index (κ1) is 12.8. The Labute approximate surface area is 98.0 Å². The summed E-state index contributed by atoms with van der Waals surface area (Å²) in [5.41, 5.74) is 10.5. The number of anilines is 1. The Morgan fingerprint density at radius 2 is 1.94 bits per heavy atom. The number of ether oxygens (including phenoxy) is 1. The van der Waals surface area contributed by atoms with E-state index in [1.807, 2.05) is 6.92 Å². The van der Waals surface area contributed by atoms with Crippen molar-refractivity contribution < 1.29 is 4.74 Å². The summed E-state index contributed by atoms with van der Waals surface area (Å²) in [6.07, 6.45) is 0. The van der Waals surface area contributed by atoms with E-state index in [4.69, 9.17) is 10.5 Å². The zero-order chi connectivity index (χ0) is 12.3. The van der Waals surface area contributed by atoms with Crippen LogP contribution in [-0.4, -0.2) is 19.7 Å². The van der Waals surface area contributed by atoms with Gasteiger partial charge in [0.05, 0.1) is 7.11 Å². The second-order valence-corrected chi connectivity index (χ2v) is 4.38. The van der Waals surface area contributed by atoms with Crippen LogP contribution in [0.1, 0.15) is 23.6 Å². The zero-order valence-electron chi connectivity index (χ0n) is 10.8. The maximum Gasteiger partial charge on any atom is 0.122 e. The fraction of sp³-hybridized carbons (Fsp3) is 0.538. The third-order valence-electron chi connectivity index (χ3n) is 2.87. The largest absolute Gasteiger partial charge is 0.496 e. The van der Waals surface area contributed by atoms with Gasteiger partial charge in [0, 0.05) is 18.3 Å². The summed E-state index contributed by atoms with van der Waals surface area (Å²) < 4.78 is 5.33. The SMILES string of the molecule is COc1cc(C)c(NCC(C)N)c(C)c1C. The summed E-state index contributed by atoms with van der Waals surface area (Å²) in [7, 11) is 1.70. The third-order valence-corrected chi connectivity index (χ3v) is 2.87. The molecule has 0 aliphatic heterocycles. The number of nitrogens with two attached hydrogens (primary N) is 1. The molecule has 1 rings (SSSR count). The van der Waals surface area contributed by atoms with Gasteiger partial charge in [-0.05, 0) is 50.5 Å². The van der Waals surface area contributed by atoms with Crippen LogP contribution in [0.2, 0.25) is 0 Å². The topological polar surface area (TPSA) is 47.3 Å². The molecular weight excluding hydrogens is 200 g/mol. The van der Waals surface area contributed by atoms with E-state index >= 15 is 0 Å². The maximum atomic E-state index is 5.75. The number of hydrogen-bond donors (Lipinski definition) is 2. The zero-order valence-corrected chi connectivity index (χ0v) is 10.8. The van der Waals surface area contributed by atoms with Gasteiger partial charge in [-0.15, -0.1) is 0 Å². The summed E-state index contributed by atoms with van der Waals surface area (Å²) in [6, 6.07) is 2.22. The predicted octanol–water partition coefficient (Wildman–Crippen LogP) is 2.38. The Kier molecular flexibility index (Phi) is 4.19. The van der Waals surface area contributed by atoms with E-state index in [2.05, 4.69) is 32.2 Å². The van der Waals surface area contributed by atoms with Crippen LogP contribution >= 0.6 is 0 Å². The summed E-state index contributed by atoms with van der Waals surface area (Å²) >= 11 is 0. The molecule has 0 aromatic heterocycles. The molecule has 0 radical (unpaired) electrons. The average molecular weight is 222 g/mol. The van der Waals surface area contributed by atoms with E-state index in [1.54, 1.807) is 7.11 Å². The molecule has 1 aromatic rings. The molecule has 3 heteroatoms. The lowest BCUT2D eigenvalue weighted by Crippen LogP contribution is -2.25. The molecule has 0 saturated carbocycles. The van der Waals surface area contributed by atoms with Crippen LogP contribution in [0.5, 0.6) is 5.75 Å². The molecule has 3 nitrogen and oxygen atoms in total. The molecule has 0 spiro atoms. The number of nitrogens with one attached hydrogen (secondary N) is 1. The summed E-state index contributed by atoms with van der Waals surface area (Å²) in [4.78, 5) is 0. The molecule has 16 heavy (non-hydrogen) atoms. The standard InChI is InChI=1S/C13H22N2O/c1-8-6-12(16-5)10(3)11(4)13(8)15-7-9(2)14/h6,9,15H,7,14H2,1-5H3. The van der Waals surface area contributed by atoms with Crippen molar-refractivity contribution in [2.24, 2.45) is 5.73 Å². The molecule has 90 valence electrons. The second-order valence-electron chi connectivity index (χ2n) is 4.38. The van der Waals surface area contributed by atoms with Gasteiger partial charge in [-0.1, -0.05) is 0 Å². The van der Waals surface area contributed by atoms with Crippen LogP contribution in [-0.2, 0) is 0 Å². The first-order valence-electron chi connectivity index (χ1n) is 5.61. The van der Waals surface area contributed by atoms with E-state index < -0.39 is 0 Å². The Balaban J connectivity index is 3.05. The fourth-order valence-electron chi connectivity index (χ4n) is 1.79. The smallest absolute Gasteiger partial charge is 0.122 e. The van der Waals surface area contributed by atoms with Crippen LogP contribution in [0, 0.1) is 20.8 Å². The molecule has 1 aromatic carbocycles. The number of aryl methyl sites for hydroxylation is 1. The molecule has 0 aliphatic rings. The highest BCUT2D eigenvalue weighted by Gasteiger charge is 2.10. The van der Waals surface area contributed by atoms with Crippen molar-refractivity contribution in [2.45, 2.75) is 33.7 Å². The molecule has 0 amide bonds. The van der Waals surface area contributed by atoms with Crippen molar-refractivity contribution in [1.29, 1.82) is 0 Å². The van der Waals surface area contributed by atoms with Crippen molar-refractivity contribution in [3.63, 3.8) is 0 Å². The van der Waals surface area contributed by atoms with E-state index in [0.717, 1.165) is 12.3 Å². The molecule has 1 unspecified atom stereocenters. The van der Waals surface area contributed by atoms with Crippen molar-refractivity contribution >= 4 is 5.69 Å². The van der Waals surface area contributed by atoms with Gasteiger partial charge in [-0.2, -0.15) is 0 Å². The molecule has 0 aliphatic carbocycles. The van der Waals surface area contributed by atoms with Crippen molar-refractivity contribution in [3.8, 4) is 5.75 Å².